The highest BCUT2D eigenvalue weighted by Gasteiger charge is 2.21. The van der Waals surface area contributed by atoms with Gasteiger partial charge in [0.1, 0.15) is 0 Å². The number of nitrogen functional groups attached to an aromatic ring is 1. The Kier molecular flexibility index (Phi) is 4.93. The van der Waals surface area contributed by atoms with Gasteiger partial charge in [-0.3, -0.25) is 0 Å². The fourth-order valence-electron chi connectivity index (χ4n) is 2.04. The molecule has 2 rings (SSSR count). The summed E-state index contributed by atoms with van der Waals surface area (Å²) in [6.45, 7) is 1.83. The Bertz CT molecular complexity index is 687. The maximum absolute atomic E-state index is 12.2. The van der Waals surface area contributed by atoms with Gasteiger partial charge in [-0.2, -0.15) is 0 Å². The van der Waals surface area contributed by atoms with Crippen molar-refractivity contribution in [3.8, 4) is 0 Å². The zero-order valence-electron chi connectivity index (χ0n) is 11.9. The summed E-state index contributed by atoms with van der Waals surface area (Å²) in [7, 11) is -3.68. The third kappa shape index (κ3) is 4.27. The van der Waals surface area contributed by atoms with Gasteiger partial charge in [0.25, 0.3) is 10.0 Å². The maximum Gasteiger partial charge on any atom is 0.260 e. The molecular formula is C15H19N3O2S. The molecule has 5 nitrogen and oxygen atoms in total. The van der Waals surface area contributed by atoms with Gasteiger partial charge in [-0.15, -0.1) is 0 Å². The first-order valence-electron chi connectivity index (χ1n) is 6.76. The zero-order chi connectivity index (χ0) is 15.3. The van der Waals surface area contributed by atoms with Crippen molar-refractivity contribution in [3.63, 3.8) is 0 Å². The summed E-state index contributed by atoms with van der Waals surface area (Å²) in [4.78, 5) is 3.85. The second-order valence-corrected chi connectivity index (χ2v) is 6.57. The fourth-order valence-corrected chi connectivity index (χ4v) is 3.37. The number of rotatable bonds is 6. The summed E-state index contributed by atoms with van der Waals surface area (Å²) in [5.74, 6) is 0. The van der Waals surface area contributed by atoms with E-state index >= 15 is 0 Å². The van der Waals surface area contributed by atoms with E-state index in [0.717, 1.165) is 6.42 Å². The van der Waals surface area contributed by atoms with Crippen LogP contribution in [0.15, 0.2) is 53.7 Å². The van der Waals surface area contributed by atoms with E-state index in [0.29, 0.717) is 6.42 Å². The first-order valence-corrected chi connectivity index (χ1v) is 8.24. The van der Waals surface area contributed by atoms with Crippen molar-refractivity contribution in [2.75, 3.05) is 5.73 Å². The van der Waals surface area contributed by atoms with Crippen LogP contribution in [0.3, 0.4) is 0 Å². The van der Waals surface area contributed by atoms with Gasteiger partial charge >= 0.3 is 0 Å². The second-order valence-electron chi connectivity index (χ2n) is 4.94. The SMILES string of the molecule is CC(CCc1ccccc1)NS(=O)(=O)c1ncccc1N. The third-order valence-corrected chi connectivity index (χ3v) is 4.68. The van der Waals surface area contributed by atoms with Crippen LogP contribution < -0.4 is 10.5 Å². The van der Waals surface area contributed by atoms with Crippen molar-refractivity contribution in [1.29, 1.82) is 0 Å². The first-order chi connectivity index (χ1) is 9.99. The average molecular weight is 305 g/mol. The molecule has 0 radical (unpaired) electrons. The van der Waals surface area contributed by atoms with Gasteiger partial charge in [0.15, 0.2) is 5.03 Å². The Hall–Kier alpha value is -1.92. The molecule has 1 heterocycles. The lowest BCUT2D eigenvalue weighted by Crippen LogP contribution is -2.33. The van der Waals surface area contributed by atoms with E-state index < -0.39 is 10.0 Å². The number of hydrogen-bond donors (Lipinski definition) is 2. The van der Waals surface area contributed by atoms with E-state index in [-0.39, 0.29) is 16.8 Å². The number of nitrogens with zero attached hydrogens (tertiary/aromatic N) is 1. The first kappa shape index (κ1) is 15.5. The van der Waals surface area contributed by atoms with Gasteiger partial charge in [-0.1, -0.05) is 30.3 Å². The van der Waals surface area contributed by atoms with E-state index in [2.05, 4.69) is 9.71 Å². The molecule has 0 bridgehead atoms. The second kappa shape index (κ2) is 6.69. The molecule has 6 heteroatoms. The number of sulfonamides is 1. The number of nitrogens with two attached hydrogens (primary N) is 1. The minimum atomic E-state index is -3.68. The molecule has 2 aromatic rings. The molecule has 1 atom stereocenters. The Morgan fingerprint density at radius 1 is 1.19 bits per heavy atom. The Balaban J connectivity index is 1.99. The molecule has 0 saturated heterocycles. The van der Waals surface area contributed by atoms with Crippen molar-refractivity contribution >= 4 is 15.7 Å². The van der Waals surface area contributed by atoms with Gasteiger partial charge in [-0.05, 0) is 37.5 Å². The predicted octanol–water partition coefficient (Wildman–Crippen LogP) is 1.96. The summed E-state index contributed by atoms with van der Waals surface area (Å²) in [6, 6.07) is 12.9. The van der Waals surface area contributed by atoms with Crippen LogP contribution in [-0.2, 0) is 16.4 Å². The van der Waals surface area contributed by atoms with Gasteiger partial charge in [0.2, 0.25) is 0 Å². The zero-order valence-corrected chi connectivity index (χ0v) is 12.7. The summed E-state index contributed by atoms with van der Waals surface area (Å²) in [5, 5.41) is -0.114. The van der Waals surface area contributed by atoms with Crippen LogP contribution in [0, 0.1) is 0 Å². The van der Waals surface area contributed by atoms with E-state index in [1.54, 1.807) is 6.07 Å². The summed E-state index contributed by atoms with van der Waals surface area (Å²) < 4.78 is 27.1. The molecule has 0 saturated carbocycles. The van der Waals surface area contributed by atoms with Gasteiger partial charge in [-0.25, -0.2) is 18.1 Å². The van der Waals surface area contributed by atoms with Crippen LogP contribution in [0.5, 0.6) is 0 Å². The Morgan fingerprint density at radius 2 is 1.90 bits per heavy atom. The summed E-state index contributed by atoms with van der Waals surface area (Å²) in [5.41, 5.74) is 7.00. The van der Waals surface area contributed by atoms with E-state index in [9.17, 15) is 8.42 Å². The highest BCUT2D eigenvalue weighted by molar-refractivity contribution is 7.89. The summed E-state index contributed by atoms with van der Waals surface area (Å²) in [6.07, 6.45) is 2.93. The molecule has 0 aliphatic rings. The van der Waals surface area contributed by atoms with Crippen LogP contribution in [0.2, 0.25) is 0 Å². The van der Waals surface area contributed by atoms with Crippen molar-refractivity contribution in [2.24, 2.45) is 0 Å². The standard InChI is InChI=1S/C15H19N3O2S/c1-12(9-10-13-6-3-2-4-7-13)18-21(19,20)15-14(16)8-5-11-17-15/h2-8,11-12,18H,9-10,16H2,1H3. The lowest BCUT2D eigenvalue weighted by molar-refractivity contribution is 0.544. The van der Waals surface area contributed by atoms with Crippen molar-refractivity contribution in [3.05, 3.63) is 54.2 Å². The molecule has 0 amide bonds. The quantitative estimate of drug-likeness (QED) is 0.854. The normalized spacial score (nSPS) is 13.0. The minimum absolute atomic E-state index is 0.114. The number of pyridine rings is 1. The van der Waals surface area contributed by atoms with Crippen molar-refractivity contribution < 1.29 is 8.42 Å². The molecular weight excluding hydrogens is 286 g/mol. The van der Waals surface area contributed by atoms with E-state index in [1.165, 1.54) is 17.8 Å². The van der Waals surface area contributed by atoms with Gasteiger partial charge in [0.05, 0.1) is 5.69 Å². The lowest BCUT2D eigenvalue weighted by Gasteiger charge is -2.14. The molecule has 21 heavy (non-hydrogen) atoms. The van der Waals surface area contributed by atoms with Crippen LogP contribution in [0.4, 0.5) is 5.69 Å². The van der Waals surface area contributed by atoms with Crippen LogP contribution >= 0.6 is 0 Å². The van der Waals surface area contributed by atoms with Crippen LogP contribution in [0.1, 0.15) is 18.9 Å². The molecule has 0 aliphatic carbocycles. The Morgan fingerprint density at radius 3 is 2.57 bits per heavy atom. The third-order valence-electron chi connectivity index (χ3n) is 3.12. The molecule has 112 valence electrons. The van der Waals surface area contributed by atoms with E-state index in [1.807, 2.05) is 37.3 Å². The number of hydrogen-bond acceptors (Lipinski definition) is 4. The predicted molar refractivity (Wildman–Crippen MR) is 83.2 cm³/mol. The molecule has 0 fully saturated rings. The van der Waals surface area contributed by atoms with Crippen LogP contribution in [-0.4, -0.2) is 19.4 Å². The van der Waals surface area contributed by atoms with Crippen LogP contribution in [0.25, 0.3) is 0 Å². The number of nitrogens with one attached hydrogen (secondary N) is 1. The van der Waals surface area contributed by atoms with Gasteiger partial charge in [0, 0.05) is 12.2 Å². The molecule has 1 aromatic heterocycles. The number of benzene rings is 1. The molecule has 1 unspecified atom stereocenters. The van der Waals surface area contributed by atoms with Gasteiger partial charge < -0.3 is 5.73 Å². The molecule has 3 N–H and O–H groups in total. The Labute approximate surface area is 125 Å². The molecule has 0 aliphatic heterocycles. The minimum Gasteiger partial charge on any atom is -0.396 e. The average Bonchev–Trinajstić information content (AvgIpc) is 2.46. The number of aryl methyl sites for hydroxylation is 1. The smallest absolute Gasteiger partial charge is 0.260 e. The monoisotopic (exact) mass is 305 g/mol. The highest BCUT2D eigenvalue weighted by Crippen LogP contribution is 2.15. The number of anilines is 1. The highest BCUT2D eigenvalue weighted by atomic mass is 32.2. The van der Waals surface area contributed by atoms with Crippen molar-refractivity contribution in [1.82, 2.24) is 9.71 Å². The maximum atomic E-state index is 12.2. The van der Waals surface area contributed by atoms with E-state index in [4.69, 9.17) is 5.73 Å². The largest absolute Gasteiger partial charge is 0.396 e. The van der Waals surface area contributed by atoms with Crippen molar-refractivity contribution in [2.45, 2.75) is 30.8 Å². The fraction of sp³-hybridized carbons (Fsp3) is 0.267. The summed E-state index contributed by atoms with van der Waals surface area (Å²) >= 11 is 0. The molecule has 1 aromatic carbocycles. The number of aromatic nitrogens is 1. The lowest BCUT2D eigenvalue weighted by atomic mass is 10.1. The molecule has 0 spiro atoms. The topological polar surface area (TPSA) is 85.1 Å².